The van der Waals surface area contributed by atoms with Crippen molar-refractivity contribution < 1.29 is 17.9 Å². The maximum absolute atomic E-state index is 12.7. The SMILES string of the molecule is C/C(=N\NC(=O)c1ccc2ccccc2n1)c1ccc(S(=O)(=O)N2CCOCC2)cc1. The lowest BCUT2D eigenvalue weighted by atomic mass is 10.1. The Kier molecular flexibility index (Phi) is 6.08. The molecule has 31 heavy (non-hydrogen) atoms. The molecule has 2 aromatic carbocycles. The molecule has 0 unspecified atom stereocenters. The van der Waals surface area contributed by atoms with Gasteiger partial charge >= 0.3 is 0 Å². The first kappa shape index (κ1) is 21.1. The van der Waals surface area contributed by atoms with Gasteiger partial charge in [-0.25, -0.2) is 18.8 Å². The zero-order chi connectivity index (χ0) is 21.8. The number of hydrazone groups is 1. The third kappa shape index (κ3) is 4.63. The zero-order valence-electron chi connectivity index (χ0n) is 17.0. The number of pyridine rings is 1. The first-order valence-corrected chi connectivity index (χ1v) is 11.3. The number of nitrogens with zero attached hydrogens (tertiary/aromatic N) is 3. The molecule has 1 amide bonds. The molecule has 0 bridgehead atoms. The molecule has 1 aliphatic rings. The van der Waals surface area contributed by atoms with Crippen molar-refractivity contribution in [2.75, 3.05) is 26.3 Å². The second kappa shape index (κ2) is 8.93. The van der Waals surface area contributed by atoms with Crippen molar-refractivity contribution >= 4 is 32.5 Å². The Hall–Kier alpha value is -3.14. The third-order valence-electron chi connectivity index (χ3n) is 5.04. The van der Waals surface area contributed by atoms with Crippen molar-refractivity contribution in [3.05, 3.63) is 71.9 Å². The van der Waals surface area contributed by atoms with Gasteiger partial charge in [0.05, 0.1) is 29.3 Å². The largest absolute Gasteiger partial charge is 0.379 e. The Labute approximate surface area is 180 Å². The fraction of sp³-hybridized carbons (Fsp3) is 0.227. The number of fused-ring (bicyclic) bond motifs is 1. The van der Waals surface area contributed by atoms with Gasteiger partial charge in [-0.2, -0.15) is 9.41 Å². The number of hydrogen-bond acceptors (Lipinski definition) is 6. The molecule has 1 saturated heterocycles. The Morgan fingerprint density at radius 3 is 2.48 bits per heavy atom. The number of benzene rings is 2. The van der Waals surface area contributed by atoms with Crippen LogP contribution in [0.1, 0.15) is 23.0 Å². The van der Waals surface area contributed by atoms with Crippen LogP contribution in [0.3, 0.4) is 0 Å². The summed E-state index contributed by atoms with van der Waals surface area (Å²) in [7, 11) is -3.55. The molecular weight excluding hydrogens is 416 g/mol. The molecule has 4 rings (SSSR count). The highest BCUT2D eigenvalue weighted by Gasteiger charge is 2.26. The van der Waals surface area contributed by atoms with Crippen LogP contribution in [0.4, 0.5) is 0 Å². The fourth-order valence-corrected chi connectivity index (χ4v) is 4.66. The zero-order valence-corrected chi connectivity index (χ0v) is 17.8. The number of ether oxygens (including phenoxy) is 1. The summed E-state index contributed by atoms with van der Waals surface area (Å²) in [6.45, 7) is 3.22. The molecule has 0 aliphatic carbocycles. The van der Waals surface area contributed by atoms with Crippen molar-refractivity contribution in [3.8, 4) is 0 Å². The second-order valence-corrected chi connectivity index (χ2v) is 9.01. The summed E-state index contributed by atoms with van der Waals surface area (Å²) in [5, 5.41) is 5.08. The van der Waals surface area contributed by atoms with Crippen LogP contribution in [-0.2, 0) is 14.8 Å². The molecule has 3 aromatic rings. The minimum atomic E-state index is -3.55. The highest BCUT2D eigenvalue weighted by atomic mass is 32.2. The summed E-state index contributed by atoms with van der Waals surface area (Å²) >= 11 is 0. The Balaban J connectivity index is 1.46. The predicted molar refractivity (Wildman–Crippen MR) is 117 cm³/mol. The van der Waals surface area contributed by atoms with E-state index < -0.39 is 15.9 Å². The molecule has 1 aliphatic heterocycles. The molecule has 1 aromatic heterocycles. The number of carbonyl (C=O) groups is 1. The lowest BCUT2D eigenvalue weighted by Crippen LogP contribution is -2.40. The van der Waals surface area contributed by atoms with Gasteiger partial charge in [-0.3, -0.25) is 4.79 Å². The molecule has 0 saturated carbocycles. The number of hydrogen-bond donors (Lipinski definition) is 1. The highest BCUT2D eigenvalue weighted by Crippen LogP contribution is 2.18. The first-order valence-electron chi connectivity index (χ1n) is 9.84. The van der Waals surface area contributed by atoms with E-state index in [1.165, 1.54) is 4.31 Å². The Morgan fingerprint density at radius 2 is 1.74 bits per heavy atom. The minimum Gasteiger partial charge on any atom is -0.379 e. The van der Waals surface area contributed by atoms with Crippen LogP contribution in [0.2, 0.25) is 0 Å². The summed E-state index contributed by atoms with van der Waals surface area (Å²) < 4.78 is 32.1. The van der Waals surface area contributed by atoms with Gasteiger partial charge in [-0.15, -0.1) is 0 Å². The van der Waals surface area contributed by atoms with Crippen LogP contribution in [0.25, 0.3) is 10.9 Å². The van der Waals surface area contributed by atoms with Crippen molar-refractivity contribution in [1.82, 2.24) is 14.7 Å². The topological polar surface area (TPSA) is 101 Å². The molecule has 8 nitrogen and oxygen atoms in total. The van der Waals surface area contributed by atoms with Crippen molar-refractivity contribution in [3.63, 3.8) is 0 Å². The quantitative estimate of drug-likeness (QED) is 0.487. The number of amides is 1. The summed E-state index contributed by atoms with van der Waals surface area (Å²) in [5.41, 5.74) is 4.75. The van der Waals surface area contributed by atoms with E-state index in [2.05, 4.69) is 15.5 Å². The standard InChI is InChI=1S/C22H22N4O4S/c1-16(24-25-22(27)21-11-8-18-4-2-3-5-20(18)23-21)17-6-9-19(10-7-17)31(28,29)26-12-14-30-15-13-26/h2-11H,12-15H2,1H3,(H,25,27)/b24-16+. The van der Waals surface area contributed by atoms with Crippen LogP contribution in [0.15, 0.2) is 70.7 Å². The van der Waals surface area contributed by atoms with Crippen molar-refractivity contribution in [2.45, 2.75) is 11.8 Å². The van der Waals surface area contributed by atoms with Gasteiger partial charge in [-0.1, -0.05) is 36.4 Å². The van der Waals surface area contributed by atoms with Gasteiger partial charge in [-0.05, 0) is 36.8 Å². The van der Waals surface area contributed by atoms with Crippen LogP contribution in [0.5, 0.6) is 0 Å². The molecule has 160 valence electrons. The van der Waals surface area contributed by atoms with Crippen LogP contribution >= 0.6 is 0 Å². The van der Waals surface area contributed by atoms with E-state index in [1.54, 1.807) is 37.3 Å². The number of aromatic nitrogens is 1. The maximum Gasteiger partial charge on any atom is 0.289 e. The van der Waals surface area contributed by atoms with Crippen molar-refractivity contribution in [2.24, 2.45) is 5.10 Å². The van der Waals surface area contributed by atoms with E-state index in [1.807, 2.05) is 30.3 Å². The van der Waals surface area contributed by atoms with Gasteiger partial charge in [0.1, 0.15) is 5.69 Å². The lowest BCUT2D eigenvalue weighted by Gasteiger charge is -2.26. The summed E-state index contributed by atoms with van der Waals surface area (Å²) in [6.07, 6.45) is 0. The van der Waals surface area contributed by atoms with Crippen molar-refractivity contribution in [1.29, 1.82) is 0 Å². The van der Waals surface area contributed by atoms with Gasteiger partial charge in [0.15, 0.2) is 0 Å². The number of para-hydroxylation sites is 1. The summed E-state index contributed by atoms with van der Waals surface area (Å²) in [5.74, 6) is -0.420. The third-order valence-corrected chi connectivity index (χ3v) is 6.95. The minimum absolute atomic E-state index is 0.218. The molecule has 0 radical (unpaired) electrons. The van der Waals surface area contributed by atoms with Crippen LogP contribution < -0.4 is 5.43 Å². The van der Waals surface area contributed by atoms with E-state index in [0.29, 0.717) is 37.6 Å². The first-order chi connectivity index (χ1) is 14.9. The fourth-order valence-electron chi connectivity index (χ4n) is 3.25. The van der Waals surface area contributed by atoms with E-state index in [4.69, 9.17) is 4.74 Å². The number of nitrogens with one attached hydrogen (secondary N) is 1. The monoisotopic (exact) mass is 438 g/mol. The average molecular weight is 439 g/mol. The van der Waals surface area contributed by atoms with Gasteiger partial charge in [0.2, 0.25) is 10.0 Å². The normalized spacial score (nSPS) is 15.7. The number of sulfonamides is 1. The van der Waals surface area contributed by atoms with Crippen LogP contribution in [-0.4, -0.2) is 55.6 Å². The lowest BCUT2D eigenvalue weighted by molar-refractivity contribution is 0.0730. The molecule has 2 heterocycles. The van der Waals surface area contributed by atoms with E-state index in [0.717, 1.165) is 10.9 Å². The molecule has 0 spiro atoms. The maximum atomic E-state index is 12.7. The second-order valence-electron chi connectivity index (χ2n) is 7.07. The predicted octanol–water partition coefficient (Wildman–Crippen LogP) is 2.41. The summed E-state index contributed by atoms with van der Waals surface area (Å²) in [6, 6.07) is 17.5. The van der Waals surface area contributed by atoms with Crippen LogP contribution in [0, 0.1) is 0 Å². The Morgan fingerprint density at radius 1 is 1.03 bits per heavy atom. The van der Waals surface area contributed by atoms with Gasteiger partial charge in [0.25, 0.3) is 5.91 Å². The Bertz CT molecular complexity index is 1230. The van der Waals surface area contributed by atoms with E-state index in [9.17, 15) is 13.2 Å². The molecule has 1 fully saturated rings. The molecule has 0 atom stereocenters. The summed E-state index contributed by atoms with van der Waals surface area (Å²) in [4.78, 5) is 17.0. The van der Waals surface area contributed by atoms with E-state index >= 15 is 0 Å². The number of rotatable bonds is 5. The number of morpholine rings is 1. The number of carbonyl (C=O) groups excluding carboxylic acids is 1. The molecule has 1 N–H and O–H groups in total. The van der Waals surface area contributed by atoms with Gasteiger partial charge in [0, 0.05) is 18.5 Å². The molecule has 9 heteroatoms. The smallest absolute Gasteiger partial charge is 0.289 e. The average Bonchev–Trinajstić information content (AvgIpc) is 2.82. The highest BCUT2D eigenvalue weighted by molar-refractivity contribution is 7.89. The molecular formula is C22H22N4O4S. The van der Waals surface area contributed by atoms with Gasteiger partial charge < -0.3 is 4.74 Å². The van der Waals surface area contributed by atoms with E-state index in [-0.39, 0.29) is 10.6 Å².